The second-order valence-electron chi connectivity index (χ2n) is 3.68. The van der Waals surface area contributed by atoms with Gasteiger partial charge in [-0.1, -0.05) is 0 Å². The van der Waals surface area contributed by atoms with E-state index in [0.717, 1.165) is 17.0 Å². The number of hydrogen-bond donors (Lipinski definition) is 1. The average molecular weight is 243 g/mol. The lowest BCUT2D eigenvalue weighted by atomic mass is 10.1. The van der Waals surface area contributed by atoms with Gasteiger partial charge in [-0.25, -0.2) is 0 Å². The lowest BCUT2D eigenvalue weighted by Gasteiger charge is -2.08. The Morgan fingerprint density at radius 1 is 1.22 bits per heavy atom. The van der Waals surface area contributed by atoms with Gasteiger partial charge in [0.25, 0.3) is 0 Å². The summed E-state index contributed by atoms with van der Waals surface area (Å²) in [5, 5.41) is 15.6. The molecule has 1 aromatic heterocycles. The van der Waals surface area contributed by atoms with Crippen LogP contribution in [0.5, 0.6) is 11.5 Å². The van der Waals surface area contributed by atoms with Crippen molar-refractivity contribution >= 4 is 0 Å². The van der Waals surface area contributed by atoms with E-state index in [0.29, 0.717) is 17.9 Å². The van der Waals surface area contributed by atoms with Crippen LogP contribution in [0.2, 0.25) is 0 Å². The van der Waals surface area contributed by atoms with Gasteiger partial charge in [-0.3, -0.25) is 5.10 Å². The Labute approximate surface area is 105 Å². The largest absolute Gasteiger partial charge is 0.493 e. The van der Waals surface area contributed by atoms with Crippen molar-refractivity contribution in [2.45, 2.75) is 6.42 Å². The van der Waals surface area contributed by atoms with Crippen LogP contribution in [0.25, 0.3) is 11.3 Å². The van der Waals surface area contributed by atoms with E-state index in [4.69, 9.17) is 14.7 Å². The standard InChI is InChI=1S/C13H13N3O2/c1-17-12-4-3-9(7-13(12)18-2)11-8-10(5-6-14)15-16-11/h3-4,7-8H,5H2,1-2H3,(H,15,16). The molecule has 1 heterocycles. The molecule has 5 nitrogen and oxygen atoms in total. The van der Waals surface area contributed by atoms with Crippen LogP contribution in [0.3, 0.4) is 0 Å². The monoisotopic (exact) mass is 243 g/mol. The van der Waals surface area contributed by atoms with Gasteiger partial charge >= 0.3 is 0 Å². The molecular formula is C13H13N3O2. The summed E-state index contributed by atoms with van der Waals surface area (Å²) in [4.78, 5) is 0. The van der Waals surface area contributed by atoms with Gasteiger partial charge in [0, 0.05) is 11.3 Å². The number of H-pyrrole nitrogens is 1. The molecule has 0 fully saturated rings. The maximum atomic E-state index is 8.62. The SMILES string of the molecule is COc1ccc(-c2cc(CC#N)[nH]n2)cc1OC. The lowest BCUT2D eigenvalue weighted by molar-refractivity contribution is 0.355. The van der Waals surface area contributed by atoms with Crippen LogP contribution in [0, 0.1) is 11.3 Å². The first-order chi connectivity index (χ1) is 8.78. The number of hydrogen-bond acceptors (Lipinski definition) is 4. The van der Waals surface area contributed by atoms with E-state index < -0.39 is 0 Å². The number of nitrogens with zero attached hydrogens (tertiary/aromatic N) is 2. The van der Waals surface area contributed by atoms with E-state index >= 15 is 0 Å². The molecule has 0 aliphatic heterocycles. The first kappa shape index (κ1) is 12.0. The topological polar surface area (TPSA) is 70.9 Å². The average Bonchev–Trinajstić information content (AvgIpc) is 2.87. The predicted octanol–water partition coefficient (Wildman–Crippen LogP) is 2.16. The van der Waals surface area contributed by atoms with E-state index in [1.807, 2.05) is 24.3 Å². The van der Waals surface area contributed by atoms with Crippen LogP contribution in [0.4, 0.5) is 0 Å². The maximum Gasteiger partial charge on any atom is 0.161 e. The van der Waals surface area contributed by atoms with Crippen LogP contribution in [0.1, 0.15) is 5.69 Å². The highest BCUT2D eigenvalue weighted by atomic mass is 16.5. The van der Waals surface area contributed by atoms with Gasteiger partial charge in [-0.15, -0.1) is 0 Å². The number of methoxy groups -OCH3 is 2. The van der Waals surface area contributed by atoms with Gasteiger partial charge in [-0.05, 0) is 24.3 Å². The highest BCUT2D eigenvalue weighted by Crippen LogP contribution is 2.31. The third kappa shape index (κ3) is 2.28. The van der Waals surface area contributed by atoms with Crippen molar-refractivity contribution in [2.24, 2.45) is 0 Å². The molecule has 2 aromatic rings. The molecule has 0 bridgehead atoms. The summed E-state index contributed by atoms with van der Waals surface area (Å²) in [6.07, 6.45) is 0.320. The number of rotatable bonds is 4. The molecule has 1 N–H and O–H groups in total. The normalized spacial score (nSPS) is 9.83. The number of benzene rings is 1. The molecule has 5 heteroatoms. The van der Waals surface area contributed by atoms with Gasteiger partial charge in [0.2, 0.25) is 0 Å². The molecule has 0 radical (unpaired) electrons. The minimum Gasteiger partial charge on any atom is -0.493 e. The van der Waals surface area contributed by atoms with E-state index in [1.54, 1.807) is 14.2 Å². The van der Waals surface area contributed by atoms with Crippen molar-refractivity contribution in [2.75, 3.05) is 14.2 Å². The Morgan fingerprint density at radius 2 is 2.00 bits per heavy atom. The summed E-state index contributed by atoms with van der Waals surface area (Å²) < 4.78 is 10.4. The Morgan fingerprint density at radius 3 is 2.67 bits per heavy atom. The van der Waals surface area contributed by atoms with Crippen LogP contribution in [0.15, 0.2) is 24.3 Å². The van der Waals surface area contributed by atoms with Crippen LogP contribution in [-0.2, 0) is 6.42 Å². The molecule has 18 heavy (non-hydrogen) atoms. The molecule has 0 amide bonds. The highest BCUT2D eigenvalue weighted by Gasteiger charge is 2.08. The van der Waals surface area contributed by atoms with Crippen LogP contribution < -0.4 is 9.47 Å². The molecule has 1 aromatic carbocycles. The van der Waals surface area contributed by atoms with Crippen molar-refractivity contribution in [1.29, 1.82) is 5.26 Å². The zero-order valence-electron chi connectivity index (χ0n) is 10.2. The van der Waals surface area contributed by atoms with Crippen molar-refractivity contribution in [3.63, 3.8) is 0 Å². The first-order valence-electron chi connectivity index (χ1n) is 5.42. The molecular weight excluding hydrogens is 230 g/mol. The summed E-state index contributed by atoms with van der Waals surface area (Å²) in [5.74, 6) is 1.33. The lowest BCUT2D eigenvalue weighted by Crippen LogP contribution is -1.90. The number of nitrogens with one attached hydrogen (secondary N) is 1. The highest BCUT2D eigenvalue weighted by molar-refractivity contribution is 5.64. The Kier molecular flexibility index (Phi) is 3.49. The molecule has 0 atom stereocenters. The third-order valence-corrected chi connectivity index (χ3v) is 2.58. The molecule has 0 saturated carbocycles. The van der Waals surface area contributed by atoms with Crippen LogP contribution >= 0.6 is 0 Å². The zero-order valence-corrected chi connectivity index (χ0v) is 10.2. The van der Waals surface area contributed by atoms with E-state index in [9.17, 15) is 0 Å². The van der Waals surface area contributed by atoms with Gasteiger partial charge in [-0.2, -0.15) is 10.4 Å². The quantitative estimate of drug-likeness (QED) is 0.893. The predicted molar refractivity (Wildman–Crippen MR) is 66.4 cm³/mol. The maximum absolute atomic E-state index is 8.62. The summed E-state index contributed by atoms with van der Waals surface area (Å²) >= 11 is 0. The smallest absolute Gasteiger partial charge is 0.161 e. The Bertz CT molecular complexity index is 584. The van der Waals surface area contributed by atoms with E-state index in [2.05, 4.69) is 16.3 Å². The first-order valence-corrected chi connectivity index (χ1v) is 5.42. The van der Waals surface area contributed by atoms with Gasteiger partial charge in [0.05, 0.1) is 32.4 Å². The van der Waals surface area contributed by atoms with Crippen molar-refractivity contribution in [3.8, 4) is 28.8 Å². The summed E-state index contributed by atoms with van der Waals surface area (Å²) in [6, 6.07) is 9.50. The zero-order chi connectivity index (χ0) is 13.0. The number of aromatic nitrogens is 2. The molecule has 0 saturated heterocycles. The summed E-state index contributed by atoms with van der Waals surface area (Å²) in [6.45, 7) is 0. The molecule has 2 rings (SSSR count). The molecule has 0 aliphatic carbocycles. The summed E-state index contributed by atoms with van der Waals surface area (Å²) in [7, 11) is 3.18. The van der Waals surface area contributed by atoms with Crippen LogP contribution in [-0.4, -0.2) is 24.4 Å². The number of aromatic amines is 1. The molecule has 92 valence electrons. The Balaban J connectivity index is 2.35. The van der Waals surface area contributed by atoms with Crippen molar-refractivity contribution < 1.29 is 9.47 Å². The fraction of sp³-hybridized carbons (Fsp3) is 0.231. The minimum absolute atomic E-state index is 0.320. The molecule has 0 aliphatic rings. The fourth-order valence-electron chi connectivity index (χ4n) is 1.68. The summed E-state index contributed by atoms with van der Waals surface area (Å²) in [5.41, 5.74) is 2.48. The molecule has 0 spiro atoms. The van der Waals surface area contributed by atoms with E-state index in [-0.39, 0.29) is 0 Å². The number of nitriles is 1. The van der Waals surface area contributed by atoms with Gasteiger partial charge in [0.1, 0.15) is 0 Å². The fourth-order valence-corrected chi connectivity index (χ4v) is 1.68. The molecule has 0 unspecified atom stereocenters. The van der Waals surface area contributed by atoms with Crippen molar-refractivity contribution in [1.82, 2.24) is 10.2 Å². The van der Waals surface area contributed by atoms with Crippen molar-refractivity contribution in [3.05, 3.63) is 30.0 Å². The second kappa shape index (κ2) is 5.23. The van der Waals surface area contributed by atoms with Gasteiger partial charge < -0.3 is 9.47 Å². The minimum atomic E-state index is 0.320. The number of ether oxygens (including phenoxy) is 2. The second-order valence-corrected chi connectivity index (χ2v) is 3.68. The third-order valence-electron chi connectivity index (χ3n) is 2.58. The Hall–Kier alpha value is -2.48. The van der Waals surface area contributed by atoms with Gasteiger partial charge in [0.15, 0.2) is 11.5 Å². The van der Waals surface area contributed by atoms with E-state index in [1.165, 1.54) is 0 Å².